The molecule has 0 saturated heterocycles. The lowest BCUT2D eigenvalue weighted by Gasteiger charge is -2.21. The lowest BCUT2D eigenvalue weighted by molar-refractivity contribution is -0.122. The summed E-state index contributed by atoms with van der Waals surface area (Å²) in [6, 6.07) is 13.1. The summed E-state index contributed by atoms with van der Waals surface area (Å²) in [7, 11) is 3.01. The van der Waals surface area contributed by atoms with Gasteiger partial charge in [-0.3, -0.25) is 9.59 Å². The van der Waals surface area contributed by atoms with Gasteiger partial charge in [0.1, 0.15) is 5.75 Å². The van der Waals surface area contributed by atoms with Crippen molar-refractivity contribution in [3.8, 4) is 22.9 Å². The number of ketones is 1. The first-order valence-corrected chi connectivity index (χ1v) is 11.3. The van der Waals surface area contributed by atoms with E-state index in [1.54, 1.807) is 42.2 Å². The minimum Gasteiger partial charge on any atom is -0.495 e. The fraction of sp³-hybridized carbons (Fsp3) is 0.231. The predicted molar refractivity (Wildman–Crippen MR) is 132 cm³/mol. The van der Waals surface area contributed by atoms with Gasteiger partial charge in [-0.1, -0.05) is 11.6 Å². The Kier molecular flexibility index (Phi) is 7.30. The van der Waals surface area contributed by atoms with Crippen LogP contribution in [-0.4, -0.2) is 40.8 Å². The first-order valence-electron chi connectivity index (χ1n) is 10.9. The van der Waals surface area contributed by atoms with Crippen LogP contribution in [0.1, 0.15) is 23.6 Å². The van der Waals surface area contributed by atoms with Crippen LogP contribution in [0.3, 0.4) is 0 Å². The van der Waals surface area contributed by atoms with E-state index < -0.39 is 11.6 Å². The maximum Gasteiger partial charge on any atom is 0.252 e. The predicted octanol–water partition coefficient (Wildman–Crippen LogP) is 4.09. The van der Waals surface area contributed by atoms with E-state index >= 15 is 0 Å². The average molecular weight is 491 g/mol. The number of nitriles is 1. The summed E-state index contributed by atoms with van der Waals surface area (Å²) in [5.41, 5.74) is 2.56. The number of halogens is 1. The molecule has 8 nitrogen and oxygen atoms in total. The summed E-state index contributed by atoms with van der Waals surface area (Å²) in [5.74, 6) is 0.211. The standard InChI is InChI=1S/C26H23ClN4O4/c1-34-10-7-23(24(32)12-17-6-9-31-20(11-17)5-8-29-31)30-16-25(35-2)22(14-26(30)33)21-13-19(27)4-3-18(21)15-28/h3-6,8-9,11,13-14,16,23H,7,10,12H2,1-2H3. The number of hydrogen-bond acceptors (Lipinski definition) is 6. The molecule has 1 unspecified atom stereocenters. The zero-order valence-electron chi connectivity index (χ0n) is 19.3. The van der Waals surface area contributed by atoms with Crippen molar-refractivity contribution in [3.63, 3.8) is 0 Å². The van der Waals surface area contributed by atoms with Crippen LogP contribution < -0.4 is 10.3 Å². The zero-order valence-corrected chi connectivity index (χ0v) is 20.0. The van der Waals surface area contributed by atoms with E-state index in [9.17, 15) is 14.9 Å². The van der Waals surface area contributed by atoms with Crippen LogP contribution in [0.25, 0.3) is 16.6 Å². The largest absolute Gasteiger partial charge is 0.495 e. The Morgan fingerprint density at radius 1 is 1.17 bits per heavy atom. The van der Waals surface area contributed by atoms with Gasteiger partial charge in [0, 0.05) is 54.7 Å². The second-order valence-electron chi connectivity index (χ2n) is 7.98. The van der Waals surface area contributed by atoms with Crippen molar-refractivity contribution >= 4 is 22.9 Å². The zero-order chi connectivity index (χ0) is 24.9. The average Bonchev–Trinajstić information content (AvgIpc) is 3.32. The molecule has 0 spiro atoms. The topological polar surface area (TPSA) is 98.6 Å². The van der Waals surface area contributed by atoms with Crippen LogP contribution in [0.2, 0.25) is 5.02 Å². The fourth-order valence-corrected chi connectivity index (χ4v) is 4.24. The third-order valence-corrected chi connectivity index (χ3v) is 6.04. The molecule has 0 bridgehead atoms. The van der Waals surface area contributed by atoms with Crippen LogP contribution in [0.15, 0.2) is 65.8 Å². The first-order chi connectivity index (χ1) is 16.9. The second kappa shape index (κ2) is 10.6. The maximum atomic E-state index is 13.4. The molecule has 178 valence electrons. The van der Waals surface area contributed by atoms with Gasteiger partial charge in [0.25, 0.3) is 5.56 Å². The van der Waals surface area contributed by atoms with E-state index in [2.05, 4.69) is 11.2 Å². The Labute approximate surface area is 206 Å². The highest BCUT2D eigenvalue weighted by atomic mass is 35.5. The van der Waals surface area contributed by atoms with Crippen molar-refractivity contribution in [2.24, 2.45) is 0 Å². The van der Waals surface area contributed by atoms with Crippen LogP contribution in [0, 0.1) is 11.3 Å². The highest BCUT2D eigenvalue weighted by molar-refractivity contribution is 6.31. The minimum absolute atomic E-state index is 0.136. The number of carbonyl (C=O) groups is 1. The SMILES string of the molecule is COCCC(C(=O)Cc1ccn2nccc2c1)n1cc(OC)c(-c2cc(Cl)ccc2C#N)cc1=O. The second-order valence-corrected chi connectivity index (χ2v) is 8.42. The number of benzene rings is 1. The number of methoxy groups -OCH3 is 2. The molecule has 1 aromatic carbocycles. The lowest BCUT2D eigenvalue weighted by atomic mass is 9.99. The van der Waals surface area contributed by atoms with Gasteiger partial charge in [-0.25, -0.2) is 4.52 Å². The van der Waals surface area contributed by atoms with Crippen LogP contribution in [0.5, 0.6) is 5.75 Å². The van der Waals surface area contributed by atoms with Crippen molar-refractivity contribution in [1.29, 1.82) is 5.26 Å². The number of aromatic nitrogens is 3. The van der Waals surface area contributed by atoms with Gasteiger partial charge in [0.05, 0.1) is 36.5 Å². The lowest BCUT2D eigenvalue weighted by Crippen LogP contribution is -2.31. The number of hydrogen-bond donors (Lipinski definition) is 0. The molecule has 0 aliphatic carbocycles. The highest BCUT2D eigenvalue weighted by Gasteiger charge is 2.24. The van der Waals surface area contributed by atoms with Gasteiger partial charge >= 0.3 is 0 Å². The molecule has 0 aliphatic rings. The van der Waals surface area contributed by atoms with Gasteiger partial charge in [0.15, 0.2) is 5.78 Å². The Morgan fingerprint density at radius 3 is 2.74 bits per heavy atom. The molecule has 0 saturated carbocycles. The van der Waals surface area contributed by atoms with Crippen LogP contribution in [-0.2, 0) is 16.0 Å². The highest BCUT2D eigenvalue weighted by Crippen LogP contribution is 2.33. The third kappa shape index (κ3) is 5.11. The Hall–Kier alpha value is -3.93. The normalized spacial score (nSPS) is 11.8. The first kappa shape index (κ1) is 24.2. The van der Waals surface area contributed by atoms with E-state index in [4.69, 9.17) is 21.1 Å². The van der Waals surface area contributed by atoms with E-state index in [0.717, 1.165) is 11.1 Å². The molecular weight excluding hydrogens is 468 g/mol. The van der Waals surface area contributed by atoms with Gasteiger partial charge < -0.3 is 14.0 Å². The number of ether oxygens (including phenoxy) is 2. The van der Waals surface area contributed by atoms with Crippen LogP contribution in [0.4, 0.5) is 0 Å². The molecule has 0 aliphatic heterocycles. The molecule has 0 radical (unpaired) electrons. The molecule has 0 N–H and O–H groups in total. The molecule has 1 atom stereocenters. The molecule has 4 aromatic rings. The number of rotatable bonds is 9. The van der Waals surface area contributed by atoms with E-state index in [1.165, 1.54) is 23.9 Å². The number of nitrogens with zero attached hydrogens (tertiary/aromatic N) is 4. The number of fused-ring (bicyclic) bond motifs is 1. The molecule has 0 amide bonds. The van der Waals surface area contributed by atoms with Crippen LogP contribution >= 0.6 is 11.6 Å². The van der Waals surface area contributed by atoms with Gasteiger partial charge in [-0.2, -0.15) is 10.4 Å². The third-order valence-electron chi connectivity index (χ3n) is 5.80. The summed E-state index contributed by atoms with van der Waals surface area (Å²) in [5, 5.41) is 14.1. The maximum absolute atomic E-state index is 13.4. The number of Topliss-reactive ketones (excluding diaryl/α,β-unsaturated/α-hetero) is 1. The van der Waals surface area contributed by atoms with Crippen molar-refractivity contribution in [3.05, 3.63) is 87.6 Å². The molecule has 35 heavy (non-hydrogen) atoms. The molecule has 9 heteroatoms. The van der Waals surface area contributed by atoms with Crippen molar-refractivity contribution < 1.29 is 14.3 Å². The smallest absolute Gasteiger partial charge is 0.252 e. The van der Waals surface area contributed by atoms with E-state index in [1.807, 2.05) is 18.2 Å². The Bertz CT molecular complexity index is 1480. The van der Waals surface area contributed by atoms with E-state index in [0.29, 0.717) is 40.5 Å². The minimum atomic E-state index is -0.763. The summed E-state index contributed by atoms with van der Waals surface area (Å²) < 4.78 is 13.9. The Morgan fingerprint density at radius 2 is 2.00 bits per heavy atom. The number of pyridine rings is 2. The number of carbonyl (C=O) groups excluding carboxylic acids is 1. The fourth-order valence-electron chi connectivity index (χ4n) is 4.06. The molecule has 0 fully saturated rings. The van der Waals surface area contributed by atoms with Crippen molar-refractivity contribution in [2.45, 2.75) is 18.9 Å². The van der Waals surface area contributed by atoms with E-state index in [-0.39, 0.29) is 12.2 Å². The molecule has 3 aromatic heterocycles. The monoisotopic (exact) mass is 490 g/mol. The van der Waals surface area contributed by atoms with Crippen molar-refractivity contribution in [2.75, 3.05) is 20.8 Å². The van der Waals surface area contributed by atoms with Gasteiger partial charge in [0.2, 0.25) is 0 Å². The Balaban J connectivity index is 1.74. The summed E-state index contributed by atoms with van der Waals surface area (Å²) in [6.07, 6.45) is 5.45. The van der Waals surface area contributed by atoms with Gasteiger partial charge in [-0.15, -0.1) is 0 Å². The summed E-state index contributed by atoms with van der Waals surface area (Å²) in [6.45, 7) is 0.293. The van der Waals surface area contributed by atoms with Gasteiger partial charge in [-0.05, 0) is 48.4 Å². The molecule has 3 heterocycles. The summed E-state index contributed by atoms with van der Waals surface area (Å²) >= 11 is 6.15. The quantitative estimate of drug-likeness (QED) is 0.350. The molecular formula is C26H23ClN4O4. The van der Waals surface area contributed by atoms with Crippen molar-refractivity contribution in [1.82, 2.24) is 14.2 Å². The summed E-state index contributed by atoms with van der Waals surface area (Å²) in [4.78, 5) is 26.7. The molecule has 4 rings (SSSR count).